The van der Waals surface area contributed by atoms with Crippen molar-refractivity contribution in [1.29, 1.82) is 0 Å². The summed E-state index contributed by atoms with van der Waals surface area (Å²) in [5, 5.41) is 0.388. The van der Waals surface area contributed by atoms with Gasteiger partial charge in [0, 0.05) is 6.07 Å². The minimum absolute atomic E-state index is 0.350. The molecule has 0 N–H and O–H groups in total. The van der Waals surface area contributed by atoms with Crippen LogP contribution in [0.4, 0.5) is 5.69 Å². The Morgan fingerprint density at radius 1 is 1.64 bits per heavy atom. The number of halogens is 1. The number of nitrogens with zero attached hydrogens (tertiary/aromatic N) is 1. The molecular weight excluding hydrogens is 202 g/mol. The van der Waals surface area contributed by atoms with Crippen molar-refractivity contribution in [2.24, 2.45) is 4.99 Å². The fourth-order valence-corrected chi connectivity index (χ4v) is 1.03. The largest absolute Gasteiger partial charge is 0.489 e. The quantitative estimate of drug-likeness (QED) is 0.435. The van der Waals surface area contributed by atoms with E-state index in [1.165, 1.54) is 6.08 Å². The van der Waals surface area contributed by atoms with E-state index in [9.17, 15) is 4.79 Å². The highest BCUT2D eigenvalue weighted by Gasteiger charge is 2.00. The van der Waals surface area contributed by atoms with Gasteiger partial charge in [-0.05, 0) is 12.1 Å². The van der Waals surface area contributed by atoms with Crippen LogP contribution < -0.4 is 4.74 Å². The Balaban J connectivity index is 2.93. The molecular formula is C10H8ClNO2. The monoisotopic (exact) mass is 209 g/mol. The first-order valence-corrected chi connectivity index (χ1v) is 4.27. The number of isocyanates is 1. The second-order valence-electron chi connectivity index (χ2n) is 2.42. The standard InChI is InChI=1S/C10H8ClNO2/c1-2-5-14-8-3-4-9(11)10(6-8)12-7-13/h2-4,6H,1,5H2. The van der Waals surface area contributed by atoms with E-state index in [2.05, 4.69) is 11.6 Å². The van der Waals surface area contributed by atoms with Crippen molar-refractivity contribution >= 4 is 23.4 Å². The number of hydrogen-bond donors (Lipinski definition) is 0. The summed E-state index contributed by atoms with van der Waals surface area (Å²) in [6.07, 6.45) is 3.05. The van der Waals surface area contributed by atoms with E-state index < -0.39 is 0 Å². The molecule has 72 valence electrons. The SMILES string of the molecule is C=CCOc1ccc(Cl)c(N=C=O)c1. The van der Waals surface area contributed by atoms with Crippen molar-refractivity contribution < 1.29 is 9.53 Å². The predicted molar refractivity (Wildman–Crippen MR) is 54.9 cm³/mol. The molecule has 1 rings (SSSR count). The van der Waals surface area contributed by atoms with Crippen molar-refractivity contribution in [3.05, 3.63) is 35.9 Å². The first kappa shape index (κ1) is 10.5. The summed E-state index contributed by atoms with van der Waals surface area (Å²) in [7, 11) is 0. The Morgan fingerprint density at radius 3 is 3.07 bits per heavy atom. The van der Waals surface area contributed by atoms with Gasteiger partial charge < -0.3 is 4.74 Å². The number of rotatable bonds is 4. The van der Waals surface area contributed by atoms with E-state index in [-0.39, 0.29) is 0 Å². The van der Waals surface area contributed by atoms with Crippen LogP contribution in [0.3, 0.4) is 0 Å². The van der Waals surface area contributed by atoms with Gasteiger partial charge >= 0.3 is 0 Å². The Hall–Kier alpha value is -1.57. The van der Waals surface area contributed by atoms with Crippen molar-refractivity contribution in [3.63, 3.8) is 0 Å². The molecule has 0 aromatic heterocycles. The van der Waals surface area contributed by atoms with Gasteiger partial charge in [-0.25, -0.2) is 4.79 Å². The van der Waals surface area contributed by atoms with E-state index >= 15 is 0 Å². The first-order chi connectivity index (χ1) is 6.77. The number of aliphatic imine (C=N–C) groups is 1. The fourth-order valence-electron chi connectivity index (χ4n) is 0.872. The minimum atomic E-state index is 0.350. The van der Waals surface area contributed by atoms with Crippen LogP contribution in [0.1, 0.15) is 0 Å². The molecule has 0 atom stereocenters. The summed E-state index contributed by atoms with van der Waals surface area (Å²) < 4.78 is 5.23. The second-order valence-corrected chi connectivity index (χ2v) is 2.82. The zero-order valence-electron chi connectivity index (χ0n) is 7.37. The molecule has 1 aromatic rings. The maximum absolute atomic E-state index is 10.0. The molecule has 0 fully saturated rings. The summed E-state index contributed by atoms with van der Waals surface area (Å²) >= 11 is 5.76. The van der Waals surface area contributed by atoms with Gasteiger partial charge in [0.2, 0.25) is 6.08 Å². The van der Waals surface area contributed by atoms with E-state index in [4.69, 9.17) is 16.3 Å². The third kappa shape index (κ3) is 2.73. The average Bonchev–Trinajstić information content (AvgIpc) is 2.19. The van der Waals surface area contributed by atoms with E-state index in [1.807, 2.05) is 0 Å². The van der Waals surface area contributed by atoms with Gasteiger partial charge in [0.25, 0.3) is 0 Å². The Bertz CT molecular complexity index is 384. The van der Waals surface area contributed by atoms with Crippen molar-refractivity contribution in [2.45, 2.75) is 0 Å². The third-order valence-corrected chi connectivity index (χ3v) is 1.77. The smallest absolute Gasteiger partial charge is 0.240 e. The average molecular weight is 210 g/mol. The highest BCUT2D eigenvalue weighted by molar-refractivity contribution is 6.33. The molecule has 0 unspecified atom stereocenters. The number of ether oxygens (including phenoxy) is 1. The van der Waals surface area contributed by atoms with Crippen LogP contribution in [0.2, 0.25) is 5.02 Å². The molecule has 0 amide bonds. The predicted octanol–water partition coefficient (Wildman–Crippen LogP) is 2.87. The summed E-state index contributed by atoms with van der Waals surface area (Å²) in [5.41, 5.74) is 0.350. The molecule has 0 aliphatic carbocycles. The van der Waals surface area contributed by atoms with Gasteiger partial charge in [-0.1, -0.05) is 24.3 Å². The maximum Gasteiger partial charge on any atom is 0.240 e. The molecule has 3 nitrogen and oxygen atoms in total. The topological polar surface area (TPSA) is 38.7 Å². The molecule has 0 spiro atoms. The highest BCUT2D eigenvalue weighted by Crippen LogP contribution is 2.28. The van der Waals surface area contributed by atoms with Crippen LogP contribution in [0.5, 0.6) is 5.75 Å². The van der Waals surface area contributed by atoms with Gasteiger partial charge in [-0.3, -0.25) is 0 Å². The lowest BCUT2D eigenvalue weighted by Crippen LogP contribution is -1.91. The minimum Gasteiger partial charge on any atom is -0.489 e. The summed E-state index contributed by atoms with van der Waals surface area (Å²) in [6, 6.07) is 4.86. The zero-order valence-corrected chi connectivity index (χ0v) is 8.12. The number of carbonyl (C=O) groups excluding carboxylic acids is 1. The molecule has 0 saturated heterocycles. The second kappa shape index (κ2) is 5.22. The Labute approximate surface area is 86.7 Å². The van der Waals surface area contributed by atoms with Gasteiger partial charge in [0.1, 0.15) is 12.4 Å². The van der Waals surface area contributed by atoms with Crippen LogP contribution in [0, 0.1) is 0 Å². The highest BCUT2D eigenvalue weighted by atomic mass is 35.5. The summed E-state index contributed by atoms with van der Waals surface area (Å²) in [5.74, 6) is 0.586. The van der Waals surface area contributed by atoms with Gasteiger partial charge in [0.15, 0.2) is 0 Å². The van der Waals surface area contributed by atoms with E-state index in [1.54, 1.807) is 24.3 Å². The van der Waals surface area contributed by atoms with Crippen molar-refractivity contribution in [3.8, 4) is 5.75 Å². The zero-order chi connectivity index (χ0) is 10.4. The maximum atomic E-state index is 10.0. The lowest BCUT2D eigenvalue weighted by Gasteiger charge is -2.03. The molecule has 14 heavy (non-hydrogen) atoms. The Morgan fingerprint density at radius 2 is 2.43 bits per heavy atom. The summed E-state index contributed by atoms with van der Waals surface area (Å²) in [6.45, 7) is 3.91. The normalized spacial score (nSPS) is 8.93. The van der Waals surface area contributed by atoms with Gasteiger partial charge in [-0.15, -0.1) is 0 Å². The third-order valence-electron chi connectivity index (χ3n) is 1.45. The summed E-state index contributed by atoms with van der Waals surface area (Å²) in [4.78, 5) is 13.5. The first-order valence-electron chi connectivity index (χ1n) is 3.89. The Kier molecular flexibility index (Phi) is 3.92. The lowest BCUT2D eigenvalue weighted by molar-refractivity contribution is 0.363. The number of hydrogen-bond acceptors (Lipinski definition) is 3. The number of benzene rings is 1. The van der Waals surface area contributed by atoms with E-state index in [0.717, 1.165) is 0 Å². The molecule has 0 aliphatic heterocycles. The molecule has 0 bridgehead atoms. The van der Waals surface area contributed by atoms with Crippen LogP contribution in [-0.2, 0) is 4.79 Å². The van der Waals surface area contributed by atoms with Crippen molar-refractivity contribution in [1.82, 2.24) is 0 Å². The lowest BCUT2D eigenvalue weighted by atomic mass is 10.3. The van der Waals surface area contributed by atoms with Crippen LogP contribution in [-0.4, -0.2) is 12.7 Å². The van der Waals surface area contributed by atoms with Gasteiger partial charge in [-0.2, -0.15) is 4.99 Å². The van der Waals surface area contributed by atoms with Crippen LogP contribution in [0.25, 0.3) is 0 Å². The molecule has 0 aliphatic rings. The molecule has 0 heterocycles. The molecule has 1 aromatic carbocycles. The van der Waals surface area contributed by atoms with E-state index in [0.29, 0.717) is 23.1 Å². The fraction of sp³-hybridized carbons (Fsp3) is 0.100. The van der Waals surface area contributed by atoms with Gasteiger partial charge in [0.05, 0.1) is 10.7 Å². The van der Waals surface area contributed by atoms with Crippen molar-refractivity contribution in [2.75, 3.05) is 6.61 Å². The van der Waals surface area contributed by atoms with Crippen LogP contribution in [0.15, 0.2) is 35.8 Å². The molecule has 0 radical (unpaired) electrons. The molecule has 4 heteroatoms. The molecule has 0 saturated carbocycles. The van der Waals surface area contributed by atoms with Crippen LogP contribution >= 0.6 is 11.6 Å².